The quantitative estimate of drug-likeness (QED) is 0.413. The third-order valence-corrected chi connectivity index (χ3v) is 8.75. The summed E-state index contributed by atoms with van der Waals surface area (Å²) in [5.41, 5.74) is 4.26. The van der Waals surface area contributed by atoms with Crippen LogP contribution in [0.15, 0.2) is 91.0 Å². The molecule has 3 aliphatic rings. The summed E-state index contributed by atoms with van der Waals surface area (Å²) in [4.78, 5) is 2.76. The fraction of sp³-hybridized carbons (Fsp3) is 0.333. The van der Waals surface area contributed by atoms with E-state index in [2.05, 4.69) is 108 Å². The second-order valence-electron chi connectivity index (χ2n) is 8.76. The van der Waals surface area contributed by atoms with Crippen molar-refractivity contribution in [3.05, 3.63) is 108 Å². The van der Waals surface area contributed by atoms with Gasteiger partial charge in [0.2, 0.25) is 0 Å². The molecule has 0 radical (unpaired) electrons. The Kier molecular flexibility index (Phi) is 4.71. The molecule has 3 aromatic carbocycles. The van der Waals surface area contributed by atoms with E-state index in [1.807, 2.05) is 0 Å². The Morgan fingerprint density at radius 3 is 1.83 bits per heavy atom. The van der Waals surface area contributed by atoms with E-state index in [1.54, 1.807) is 0 Å². The molecule has 3 fully saturated rings. The standard InChI is InChI=1S/C27H27NOS/c1-4-10-21(11-5-1)27(22-12-6-2-7-13-22,23-14-8-3-9-15-23)28-17-16-25-20(19-28)18-24-26(29-24)30-25/h1-15,20,24-26H,16-19H2. The van der Waals surface area contributed by atoms with E-state index < -0.39 is 0 Å². The van der Waals surface area contributed by atoms with Gasteiger partial charge >= 0.3 is 0 Å². The Labute approximate surface area is 183 Å². The maximum Gasteiger partial charge on any atom is 0.130 e. The molecular weight excluding hydrogens is 386 g/mol. The van der Waals surface area contributed by atoms with Crippen LogP contribution in [0, 0.1) is 5.92 Å². The molecule has 0 spiro atoms. The third kappa shape index (κ3) is 3.03. The molecule has 3 saturated heterocycles. The molecular formula is C27H27NOS. The van der Waals surface area contributed by atoms with E-state index in [0.29, 0.717) is 17.5 Å². The topological polar surface area (TPSA) is 15.8 Å². The molecule has 152 valence electrons. The summed E-state index contributed by atoms with van der Waals surface area (Å²) in [6.45, 7) is 2.22. The van der Waals surface area contributed by atoms with Crippen LogP contribution in [0.2, 0.25) is 0 Å². The summed E-state index contributed by atoms with van der Waals surface area (Å²) < 4.78 is 5.89. The van der Waals surface area contributed by atoms with E-state index in [9.17, 15) is 0 Å². The van der Waals surface area contributed by atoms with Crippen LogP contribution in [-0.4, -0.2) is 34.8 Å². The Bertz CT molecular complexity index is 896. The first kappa shape index (κ1) is 18.7. The lowest BCUT2D eigenvalue weighted by Gasteiger charge is -2.51. The number of rotatable bonds is 4. The van der Waals surface area contributed by atoms with Crippen molar-refractivity contribution in [3.63, 3.8) is 0 Å². The van der Waals surface area contributed by atoms with Crippen molar-refractivity contribution >= 4 is 11.8 Å². The van der Waals surface area contributed by atoms with E-state index in [4.69, 9.17) is 4.74 Å². The van der Waals surface area contributed by atoms with Gasteiger partial charge in [-0.3, -0.25) is 4.90 Å². The van der Waals surface area contributed by atoms with Crippen molar-refractivity contribution in [3.8, 4) is 0 Å². The summed E-state index contributed by atoms with van der Waals surface area (Å²) in [6, 6.07) is 33.3. The molecule has 4 atom stereocenters. The molecule has 3 aromatic rings. The third-order valence-electron chi connectivity index (χ3n) is 7.09. The number of benzene rings is 3. The summed E-state index contributed by atoms with van der Waals surface area (Å²) in [5, 5.41) is 0.741. The van der Waals surface area contributed by atoms with Gasteiger partial charge in [0.25, 0.3) is 0 Å². The highest BCUT2D eigenvalue weighted by Gasteiger charge is 2.53. The Hall–Kier alpha value is -2.07. The summed E-state index contributed by atoms with van der Waals surface area (Å²) in [7, 11) is 0. The second-order valence-corrected chi connectivity index (χ2v) is 10.1. The fourth-order valence-electron chi connectivity index (χ4n) is 5.69. The number of hydrogen-bond acceptors (Lipinski definition) is 3. The largest absolute Gasteiger partial charge is 0.358 e. The highest BCUT2D eigenvalue weighted by Crippen LogP contribution is 2.52. The van der Waals surface area contributed by atoms with Crippen LogP contribution in [0.1, 0.15) is 29.5 Å². The molecule has 6 rings (SSSR count). The van der Waals surface area contributed by atoms with Crippen molar-refractivity contribution in [2.45, 2.75) is 35.2 Å². The molecule has 3 heterocycles. The minimum atomic E-state index is -0.277. The van der Waals surface area contributed by atoms with Gasteiger partial charge < -0.3 is 4.74 Å². The summed E-state index contributed by atoms with van der Waals surface area (Å²) >= 11 is 2.10. The van der Waals surface area contributed by atoms with Crippen molar-refractivity contribution in [2.24, 2.45) is 5.92 Å². The van der Waals surface area contributed by atoms with Crippen LogP contribution >= 0.6 is 11.8 Å². The minimum Gasteiger partial charge on any atom is -0.358 e. The summed E-state index contributed by atoms with van der Waals surface area (Å²) in [5.74, 6) is 0.697. The lowest BCUT2D eigenvalue weighted by molar-refractivity contribution is 0.0901. The van der Waals surface area contributed by atoms with Crippen LogP contribution < -0.4 is 0 Å². The smallest absolute Gasteiger partial charge is 0.130 e. The zero-order valence-corrected chi connectivity index (χ0v) is 17.9. The second kappa shape index (κ2) is 7.56. The van der Waals surface area contributed by atoms with Gasteiger partial charge in [0.05, 0.1) is 11.6 Å². The summed E-state index contributed by atoms with van der Waals surface area (Å²) in [6.07, 6.45) is 2.94. The van der Waals surface area contributed by atoms with E-state index in [-0.39, 0.29) is 5.54 Å². The van der Waals surface area contributed by atoms with E-state index >= 15 is 0 Å². The number of thioether (sulfide) groups is 1. The molecule has 0 aliphatic carbocycles. The maximum absolute atomic E-state index is 5.89. The van der Waals surface area contributed by atoms with Gasteiger partial charge in [-0.15, -0.1) is 11.8 Å². The Morgan fingerprint density at radius 1 is 0.767 bits per heavy atom. The maximum atomic E-state index is 5.89. The zero-order valence-electron chi connectivity index (χ0n) is 17.1. The van der Waals surface area contributed by atoms with Gasteiger partial charge in [0.15, 0.2) is 0 Å². The molecule has 3 aliphatic heterocycles. The average Bonchev–Trinajstić information content (AvgIpc) is 3.58. The number of piperidine rings is 1. The molecule has 4 unspecified atom stereocenters. The van der Waals surface area contributed by atoms with Crippen molar-refractivity contribution in [1.82, 2.24) is 4.90 Å². The van der Waals surface area contributed by atoms with Gasteiger partial charge in [-0.1, -0.05) is 91.0 Å². The van der Waals surface area contributed by atoms with Gasteiger partial charge in [0, 0.05) is 18.3 Å². The van der Waals surface area contributed by atoms with E-state index in [1.165, 1.54) is 29.5 Å². The Balaban J connectivity index is 1.51. The average molecular weight is 414 g/mol. The van der Waals surface area contributed by atoms with Crippen LogP contribution in [0.4, 0.5) is 0 Å². The van der Waals surface area contributed by atoms with Crippen LogP contribution in [0.5, 0.6) is 0 Å². The predicted molar refractivity (Wildman–Crippen MR) is 124 cm³/mol. The molecule has 3 heteroatoms. The van der Waals surface area contributed by atoms with Gasteiger partial charge in [-0.2, -0.15) is 0 Å². The van der Waals surface area contributed by atoms with Crippen molar-refractivity contribution in [1.29, 1.82) is 0 Å². The highest BCUT2D eigenvalue weighted by atomic mass is 32.2. The SMILES string of the molecule is c1ccc(C(c2ccccc2)(c2ccccc2)N2CCC3SC4OC4CC3C2)cc1. The van der Waals surface area contributed by atoms with Crippen molar-refractivity contribution in [2.75, 3.05) is 13.1 Å². The molecule has 0 N–H and O–H groups in total. The number of nitrogens with zero attached hydrogens (tertiary/aromatic N) is 1. The predicted octanol–water partition coefficient (Wildman–Crippen LogP) is 5.53. The van der Waals surface area contributed by atoms with Crippen LogP contribution in [0.25, 0.3) is 0 Å². The first-order valence-corrected chi connectivity index (χ1v) is 12.0. The number of likely N-dealkylation sites (tertiary alicyclic amines) is 1. The first-order valence-electron chi connectivity index (χ1n) is 11.1. The van der Waals surface area contributed by atoms with Gasteiger partial charge in [-0.05, 0) is 35.4 Å². The molecule has 0 amide bonds. The van der Waals surface area contributed by atoms with E-state index in [0.717, 1.165) is 18.3 Å². The number of epoxide rings is 1. The number of fused-ring (bicyclic) bond motifs is 2. The minimum absolute atomic E-state index is 0.277. The van der Waals surface area contributed by atoms with Gasteiger partial charge in [-0.25, -0.2) is 0 Å². The Morgan fingerprint density at radius 2 is 1.30 bits per heavy atom. The zero-order chi connectivity index (χ0) is 20.0. The highest BCUT2D eigenvalue weighted by molar-refractivity contribution is 8.00. The first-order chi connectivity index (χ1) is 14.9. The normalized spacial score (nSPS) is 28.4. The molecule has 2 nitrogen and oxygen atoms in total. The fourth-order valence-corrected chi connectivity index (χ4v) is 7.19. The van der Waals surface area contributed by atoms with Crippen LogP contribution in [0.3, 0.4) is 0 Å². The molecule has 30 heavy (non-hydrogen) atoms. The lowest BCUT2D eigenvalue weighted by Crippen LogP contribution is -2.55. The monoisotopic (exact) mass is 413 g/mol. The molecule has 0 saturated carbocycles. The number of ether oxygens (including phenoxy) is 1. The number of hydrogen-bond donors (Lipinski definition) is 0. The molecule has 0 aromatic heterocycles. The van der Waals surface area contributed by atoms with Gasteiger partial charge in [0.1, 0.15) is 5.44 Å². The van der Waals surface area contributed by atoms with Crippen molar-refractivity contribution < 1.29 is 4.74 Å². The molecule has 0 bridgehead atoms. The van der Waals surface area contributed by atoms with Crippen LogP contribution in [-0.2, 0) is 10.3 Å². The lowest BCUT2D eigenvalue weighted by atomic mass is 9.74.